The maximum atomic E-state index is 12.7. The summed E-state index contributed by atoms with van der Waals surface area (Å²) in [6.07, 6.45) is 0. The molecule has 0 fully saturated rings. The molecule has 0 aromatic heterocycles. The van der Waals surface area contributed by atoms with E-state index in [4.69, 9.17) is 4.74 Å². The second-order valence-corrected chi connectivity index (χ2v) is 6.73. The number of carbonyl (C=O) groups excluding carboxylic acids is 2. The van der Waals surface area contributed by atoms with Crippen LogP contribution in [-0.2, 0) is 9.59 Å². The van der Waals surface area contributed by atoms with Crippen LogP contribution < -0.4 is 4.74 Å². The van der Waals surface area contributed by atoms with Crippen LogP contribution in [0.4, 0.5) is 0 Å². The number of nitrogens with zero attached hydrogens (tertiary/aromatic N) is 2. The molecule has 1 amide bonds. The Morgan fingerprint density at radius 2 is 1.96 bits per heavy atom. The highest BCUT2D eigenvalue weighted by Crippen LogP contribution is 2.41. The van der Waals surface area contributed by atoms with Crippen molar-refractivity contribution in [3.8, 4) is 5.75 Å². The van der Waals surface area contributed by atoms with Crippen molar-refractivity contribution in [2.45, 2.75) is 19.9 Å². The molecule has 1 aromatic carbocycles. The molecule has 0 radical (unpaired) electrons. The molecule has 2 rings (SSSR count). The first-order chi connectivity index (χ1) is 11.8. The summed E-state index contributed by atoms with van der Waals surface area (Å²) in [4.78, 5) is 28.9. The van der Waals surface area contributed by atoms with Crippen molar-refractivity contribution in [3.05, 3.63) is 41.2 Å². The highest BCUT2D eigenvalue weighted by molar-refractivity contribution is 6.09. The van der Waals surface area contributed by atoms with E-state index in [0.717, 1.165) is 0 Å². The molecule has 1 aliphatic rings. The van der Waals surface area contributed by atoms with E-state index >= 15 is 0 Å². The number of Topliss-reactive ketones (excluding diaryl/α,β-unsaturated/α-hetero) is 1. The molecule has 6 nitrogen and oxygen atoms in total. The number of methoxy groups -OCH3 is 1. The molecular formula is C19H26N2O4. The van der Waals surface area contributed by atoms with Crippen LogP contribution in [0.3, 0.4) is 0 Å². The number of hydrogen-bond donors (Lipinski definition) is 1. The SMILES string of the molecule is COc1ccccc1C1C(C(=O)C(C)C)=C(O)C(=O)N1CCN(C)C. The largest absolute Gasteiger partial charge is 0.503 e. The Hall–Kier alpha value is -2.34. The molecule has 0 saturated heterocycles. The van der Waals surface area contributed by atoms with Gasteiger partial charge in [-0.25, -0.2) is 0 Å². The quantitative estimate of drug-likeness (QED) is 0.819. The summed E-state index contributed by atoms with van der Waals surface area (Å²) in [6, 6.07) is 6.64. The highest BCUT2D eigenvalue weighted by Gasteiger charge is 2.44. The maximum Gasteiger partial charge on any atom is 0.290 e. The van der Waals surface area contributed by atoms with Crippen molar-refractivity contribution in [1.82, 2.24) is 9.80 Å². The molecule has 6 heteroatoms. The maximum absolute atomic E-state index is 12.7. The topological polar surface area (TPSA) is 70.1 Å². The van der Waals surface area contributed by atoms with Crippen molar-refractivity contribution in [2.24, 2.45) is 5.92 Å². The Kier molecular flexibility index (Phi) is 5.85. The lowest BCUT2D eigenvalue weighted by Gasteiger charge is -2.29. The van der Waals surface area contributed by atoms with Crippen molar-refractivity contribution < 1.29 is 19.4 Å². The summed E-state index contributed by atoms with van der Waals surface area (Å²) in [5.41, 5.74) is 0.855. The number of para-hydroxylation sites is 1. The smallest absolute Gasteiger partial charge is 0.290 e. The predicted octanol–water partition coefficient (Wildman–Crippen LogP) is 2.18. The van der Waals surface area contributed by atoms with Crippen molar-refractivity contribution >= 4 is 11.7 Å². The van der Waals surface area contributed by atoms with E-state index in [1.807, 2.05) is 37.2 Å². The fourth-order valence-corrected chi connectivity index (χ4v) is 2.97. The first kappa shape index (κ1) is 19.0. The first-order valence-corrected chi connectivity index (χ1v) is 8.35. The van der Waals surface area contributed by atoms with Gasteiger partial charge < -0.3 is 19.6 Å². The molecule has 1 aromatic rings. The lowest BCUT2D eigenvalue weighted by Crippen LogP contribution is -2.37. The van der Waals surface area contributed by atoms with E-state index in [1.165, 1.54) is 0 Å². The minimum atomic E-state index is -0.640. The average Bonchev–Trinajstić information content (AvgIpc) is 2.83. The normalized spacial score (nSPS) is 17.8. The number of amides is 1. The Labute approximate surface area is 148 Å². The lowest BCUT2D eigenvalue weighted by molar-refractivity contribution is -0.129. The molecule has 0 saturated carbocycles. The molecule has 0 bridgehead atoms. The van der Waals surface area contributed by atoms with E-state index in [-0.39, 0.29) is 17.3 Å². The zero-order valence-electron chi connectivity index (χ0n) is 15.4. The van der Waals surface area contributed by atoms with Gasteiger partial charge in [0.05, 0.1) is 18.7 Å². The van der Waals surface area contributed by atoms with Gasteiger partial charge in [0.2, 0.25) is 0 Å². The number of carbonyl (C=O) groups is 2. The zero-order chi connectivity index (χ0) is 18.7. The Morgan fingerprint density at radius 3 is 2.52 bits per heavy atom. The molecule has 25 heavy (non-hydrogen) atoms. The number of ether oxygens (including phenoxy) is 1. The third kappa shape index (κ3) is 3.69. The molecule has 1 aliphatic heterocycles. The standard InChI is InChI=1S/C19H26N2O4/c1-12(2)17(22)15-16(13-8-6-7-9-14(13)25-5)21(11-10-20(3)4)19(24)18(15)23/h6-9,12,16,23H,10-11H2,1-5H3. The number of likely N-dealkylation sites (N-methyl/N-ethyl adjacent to an activating group) is 1. The average molecular weight is 346 g/mol. The van der Waals surface area contributed by atoms with Crippen LogP contribution in [0.2, 0.25) is 0 Å². The number of rotatable bonds is 7. The third-order valence-electron chi connectivity index (χ3n) is 4.32. The Morgan fingerprint density at radius 1 is 1.32 bits per heavy atom. The van der Waals surface area contributed by atoms with Gasteiger partial charge in [-0.1, -0.05) is 32.0 Å². The summed E-state index contributed by atoms with van der Waals surface area (Å²) in [5, 5.41) is 10.4. The van der Waals surface area contributed by atoms with E-state index in [2.05, 4.69) is 0 Å². The predicted molar refractivity (Wildman–Crippen MR) is 95.5 cm³/mol. The highest BCUT2D eigenvalue weighted by atomic mass is 16.5. The molecule has 1 heterocycles. The van der Waals surface area contributed by atoms with Gasteiger partial charge in [-0.3, -0.25) is 9.59 Å². The van der Waals surface area contributed by atoms with Crippen molar-refractivity contribution in [2.75, 3.05) is 34.3 Å². The van der Waals surface area contributed by atoms with Gasteiger partial charge in [0.25, 0.3) is 5.91 Å². The van der Waals surface area contributed by atoms with Crippen LogP contribution in [0.15, 0.2) is 35.6 Å². The number of hydrogen-bond acceptors (Lipinski definition) is 5. The van der Waals surface area contributed by atoms with Gasteiger partial charge in [0, 0.05) is 24.6 Å². The molecule has 1 N–H and O–H groups in total. The van der Waals surface area contributed by atoms with E-state index in [0.29, 0.717) is 24.4 Å². The van der Waals surface area contributed by atoms with Gasteiger partial charge in [-0.15, -0.1) is 0 Å². The second kappa shape index (κ2) is 7.70. The molecule has 1 unspecified atom stereocenters. The van der Waals surface area contributed by atoms with Gasteiger partial charge in [0.15, 0.2) is 11.5 Å². The number of aliphatic hydroxyl groups is 1. The van der Waals surface area contributed by atoms with E-state index in [1.54, 1.807) is 31.9 Å². The minimum Gasteiger partial charge on any atom is -0.503 e. The first-order valence-electron chi connectivity index (χ1n) is 8.35. The van der Waals surface area contributed by atoms with Crippen molar-refractivity contribution in [1.29, 1.82) is 0 Å². The summed E-state index contributed by atoms with van der Waals surface area (Å²) >= 11 is 0. The molecule has 0 aliphatic carbocycles. The van der Waals surface area contributed by atoms with Gasteiger partial charge in [0.1, 0.15) is 5.75 Å². The Bertz CT molecular complexity index is 694. The van der Waals surface area contributed by atoms with Crippen molar-refractivity contribution in [3.63, 3.8) is 0 Å². The zero-order valence-corrected chi connectivity index (χ0v) is 15.4. The minimum absolute atomic E-state index is 0.156. The molecule has 136 valence electrons. The monoisotopic (exact) mass is 346 g/mol. The van der Waals surface area contributed by atoms with Gasteiger partial charge in [-0.05, 0) is 20.2 Å². The van der Waals surface area contributed by atoms with Crippen LogP contribution in [0.1, 0.15) is 25.5 Å². The summed E-state index contributed by atoms with van der Waals surface area (Å²) in [7, 11) is 5.37. The van der Waals surface area contributed by atoms with Crippen LogP contribution in [0.5, 0.6) is 5.75 Å². The summed E-state index contributed by atoms with van der Waals surface area (Å²) in [5.74, 6) is -0.931. The Balaban J connectivity index is 2.56. The van der Waals surface area contributed by atoms with Crippen LogP contribution in [0.25, 0.3) is 0 Å². The summed E-state index contributed by atoms with van der Waals surface area (Å²) in [6.45, 7) is 4.53. The van der Waals surface area contributed by atoms with Crippen LogP contribution >= 0.6 is 0 Å². The summed E-state index contributed by atoms with van der Waals surface area (Å²) < 4.78 is 5.43. The van der Waals surface area contributed by atoms with Gasteiger partial charge in [-0.2, -0.15) is 0 Å². The lowest BCUT2D eigenvalue weighted by atomic mass is 9.91. The second-order valence-electron chi connectivity index (χ2n) is 6.73. The molecular weight excluding hydrogens is 320 g/mol. The fraction of sp³-hybridized carbons (Fsp3) is 0.474. The number of benzene rings is 1. The van der Waals surface area contributed by atoms with Gasteiger partial charge >= 0.3 is 0 Å². The third-order valence-corrected chi connectivity index (χ3v) is 4.32. The number of aliphatic hydroxyl groups excluding tert-OH is 1. The fourth-order valence-electron chi connectivity index (χ4n) is 2.97. The molecule has 1 atom stereocenters. The van der Waals surface area contributed by atoms with Crippen LogP contribution in [0, 0.1) is 5.92 Å². The van der Waals surface area contributed by atoms with E-state index < -0.39 is 17.7 Å². The number of ketones is 1. The molecule has 0 spiro atoms. The van der Waals surface area contributed by atoms with E-state index in [9.17, 15) is 14.7 Å². The van der Waals surface area contributed by atoms with Crippen LogP contribution in [-0.4, -0.2) is 60.9 Å².